The predicted molar refractivity (Wildman–Crippen MR) is 156 cm³/mol. The van der Waals surface area contributed by atoms with Gasteiger partial charge in [-0.3, -0.25) is 9.59 Å². The Morgan fingerprint density at radius 1 is 0.846 bits per heavy atom. The van der Waals surface area contributed by atoms with Crippen LogP contribution >= 0.6 is 0 Å². The molecule has 4 N–H and O–H groups in total. The molecule has 0 fully saturated rings. The van der Waals surface area contributed by atoms with Gasteiger partial charge >= 0.3 is 0 Å². The second-order valence-corrected chi connectivity index (χ2v) is 9.68. The summed E-state index contributed by atoms with van der Waals surface area (Å²) in [6.45, 7) is 6.18. The van der Waals surface area contributed by atoms with E-state index in [9.17, 15) is 9.59 Å². The summed E-state index contributed by atoms with van der Waals surface area (Å²) in [6, 6.07) is 24.4. The molecule has 7 nitrogen and oxygen atoms in total. The molecule has 39 heavy (non-hydrogen) atoms. The van der Waals surface area contributed by atoms with Gasteiger partial charge in [0.15, 0.2) is 0 Å². The van der Waals surface area contributed by atoms with Crippen LogP contribution in [0.15, 0.2) is 78.9 Å². The molecule has 2 atom stereocenters. The Kier molecular flexibility index (Phi) is 12.0. The fourth-order valence-corrected chi connectivity index (χ4v) is 4.43. The number of likely N-dealkylation sites (N-methyl/N-ethyl adjacent to an activating group) is 1. The van der Waals surface area contributed by atoms with Crippen molar-refractivity contribution in [3.63, 3.8) is 0 Å². The summed E-state index contributed by atoms with van der Waals surface area (Å²) in [5, 5.41) is 6.44. The van der Waals surface area contributed by atoms with Crippen molar-refractivity contribution < 1.29 is 14.3 Å². The Morgan fingerprint density at radius 3 is 2.08 bits per heavy atom. The summed E-state index contributed by atoms with van der Waals surface area (Å²) in [7, 11) is 1.73. The highest BCUT2D eigenvalue weighted by molar-refractivity contribution is 5.90. The molecule has 3 rings (SSSR count). The van der Waals surface area contributed by atoms with E-state index in [-0.39, 0.29) is 11.8 Å². The van der Waals surface area contributed by atoms with Gasteiger partial charge in [0.05, 0.1) is 12.6 Å². The van der Waals surface area contributed by atoms with Crippen LogP contribution in [0, 0.1) is 0 Å². The average molecular weight is 531 g/mol. The van der Waals surface area contributed by atoms with Gasteiger partial charge in [-0.2, -0.15) is 0 Å². The molecule has 0 aliphatic rings. The van der Waals surface area contributed by atoms with E-state index >= 15 is 0 Å². The van der Waals surface area contributed by atoms with E-state index in [1.54, 1.807) is 11.9 Å². The summed E-state index contributed by atoms with van der Waals surface area (Å²) in [5.41, 5.74) is 9.74. The number of carbonyl (C=O) groups excluding carboxylic acids is 2. The number of nitrogens with two attached hydrogens (primary N) is 1. The largest absolute Gasteiger partial charge is 0.494 e. The van der Waals surface area contributed by atoms with Crippen LogP contribution in [-0.2, 0) is 35.5 Å². The zero-order chi connectivity index (χ0) is 28.0. The van der Waals surface area contributed by atoms with Crippen LogP contribution < -0.4 is 21.1 Å². The number of amides is 2. The number of hydrogen-bond donors (Lipinski definition) is 3. The highest BCUT2D eigenvalue weighted by Crippen LogP contribution is 2.16. The van der Waals surface area contributed by atoms with Crippen molar-refractivity contribution in [2.45, 2.75) is 58.3 Å². The molecule has 0 saturated carbocycles. The standard InChI is InChI=1S/C32H42N4O3/c1-4-19-34-29(20-25-15-17-28(18-16-25)39-5-2)32(38)36(3)30(21-24-9-7-6-8-10-24)31(37)35-23-27-13-11-26(22-33)12-14-27/h6-18,29-30,34H,4-5,19-23,33H2,1-3H3,(H,35,37)/t29?,30-/m0/s1. The first-order chi connectivity index (χ1) is 18.9. The second kappa shape index (κ2) is 15.7. The third-order valence-corrected chi connectivity index (χ3v) is 6.73. The molecule has 7 heteroatoms. The molecule has 2 amide bonds. The van der Waals surface area contributed by atoms with Gasteiger partial charge in [0.25, 0.3) is 0 Å². The third-order valence-electron chi connectivity index (χ3n) is 6.73. The molecular formula is C32H42N4O3. The Hall–Kier alpha value is -3.68. The second-order valence-electron chi connectivity index (χ2n) is 9.68. The first kappa shape index (κ1) is 29.9. The van der Waals surface area contributed by atoms with Crippen molar-refractivity contribution in [3.05, 3.63) is 101 Å². The third kappa shape index (κ3) is 9.23. The van der Waals surface area contributed by atoms with Crippen LogP contribution in [0.5, 0.6) is 5.75 Å². The van der Waals surface area contributed by atoms with E-state index in [0.29, 0.717) is 39.1 Å². The molecule has 0 aliphatic heterocycles. The fourth-order valence-electron chi connectivity index (χ4n) is 4.43. The summed E-state index contributed by atoms with van der Waals surface area (Å²) in [5.74, 6) is 0.508. The van der Waals surface area contributed by atoms with E-state index in [4.69, 9.17) is 10.5 Å². The summed E-state index contributed by atoms with van der Waals surface area (Å²) >= 11 is 0. The number of nitrogens with zero attached hydrogens (tertiary/aromatic N) is 1. The van der Waals surface area contributed by atoms with Gasteiger partial charge in [0.1, 0.15) is 11.8 Å². The molecular weight excluding hydrogens is 488 g/mol. The van der Waals surface area contributed by atoms with Gasteiger partial charge in [-0.05, 0) is 60.7 Å². The number of ether oxygens (including phenoxy) is 1. The Labute approximate surface area is 232 Å². The normalized spacial score (nSPS) is 12.4. The molecule has 3 aromatic rings. The molecule has 3 aromatic carbocycles. The van der Waals surface area contributed by atoms with Crippen LogP contribution in [0.25, 0.3) is 0 Å². The van der Waals surface area contributed by atoms with Crippen molar-refractivity contribution in [1.29, 1.82) is 0 Å². The molecule has 0 radical (unpaired) electrons. The zero-order valence-corrected chi connectivity index (χ0v) is 23.4. The van der Waals surface area contributed by atoms with Gasteiger partial charge in [0, 0.05) is 26.6 Å². The smallest absolute Gasteiger partial charge is 0.243 e. The highest BCUT2D eigenvalue weighted by atomic mass is 16.5. The minimum atomic E-state index is -0.658. The lowest BCUT2D eigenvalue weighted by molar-refractivity contribution is -0.140. The summed E-state index contributed by atoms with van der Waals surface area (Å²) in [6.07, 6.45) is 1.83. The van der Waals surface area contributed by atoms with Crippen molar-refractivity contribution in [3.8, 4) is 5.75 Å². The van der Waals surface area contributed by atoms with E-state index < -0.39 is 12.1 Å². The van der Waals surface area contributed by atoms with Crippen molar-refractivity contribution >= 4 is 11.8 Å². The van der Waals surface area contributed by atoms with E-state index in [2.05, 4.69) is 17.6 Å². The Bertz CT molecular complexity index is 1150. The maximum atomic E-state index is 13.9. The summed E-state index contributed by atoms with van der Waals surface area (Å²) in [4.78, 5) is 29.0. The van der Waals surface area contributed by atoms with Crippen LogP contribution in [0.3, 0.4) is 0 Å². The topological polar surface area (TPSA) is 96.7 Å². The van der Waals surface area contributed by atoms with Crippen molar-refractivity contribution in [2.24, 2.45) is 5.73 Å². The Balaban J connectivity index is 1.77. The van der Waals surface area contributed by atoms with Gasteiger partial charge in [-0.25, -0.2) is 0 Å². The number of rotatable bonds is 15. The lowest BCUT2D eigenvalue weighted by Gasteiger charge is -2.31. The van der Waals surface area contributed by atoms with Gasteiger partial charge < -0.3 is 26.0 Å². The van der Waals surface area contributed by atoms with Crippen molar-refractivity contribution in [2.75, 3.05) is 20.2 Å². The van der Waals surface area contributed by atoms with E-state index in [0.717, 1.165) is 34.4 Å². The number of nitrogens with one attached hydrogen (secondary N) is 2. The zero-order valence-electron chi connectivity index (χ0n) is 23.4. The van der Waals surface area contributed by atoms with Crippen molar-refractivity contribution in [1.82, 2.24) is 15.5 Å². The maximum absolute atomic E-state index is 13.9. The Morgan fingerprint density at radius 2 is 1.46 bits per heavy atom. The highest BCUT2D eigenvalue weighted by Gasteiger charge is 2.31. The molecule has 0 spiro atoms. The summed E-state index contributed by atoms with van der Waals surface area (Å²) < 4.78 is 5.56. The van der Waals surface area contributed by atoms with Crippen LogP contribution in [0.2, 0.25) is 0 Å². The lowest BCUT2D eigenvalue weighted by Crippen LogP contribution is -2.54. The van der Waals surface area contributed by atoms with E-state index in [1.165, 1.54) is 0 Å². The molecule has 0 saturated heterocycles. The molecule has 0 bridgehead atoms. The minimum Gasteiger partial charge on any atom is -0.494 e. The van der Waals surface area contributed by atoms with Crippen LogP contribution in [-0.4, -0.2) is 49.0 Å². The molecule has 0 aliphatic carbocycles. The van der Waals surface area contributed by atoms with Crippen LogP contribution in [0.4, 0.5) is 0 Å². The quantitative estimate of drug-likeness (QED) is 0.277. The van der Waals surface area contributed by atoms with Gasteiger partial charge in [0.2, 0.25) is 11.8 Å². The number of carbonyl (C=O) groups is 2. The first-order valence-electron chi connectivity index (χ1n) is 13.8. The average Bonchev–Trinajstić information content (AvgIpc) is 2.98. The number of hydrogen-bond acceptors (Lipinski definition) is 5. The van der Waals surface area contributed by atoms with E-state index in [1.807, 2.05) is 85.8 Å². The SMILES string of the molecule is CCCNC(Cc1ccc(OCC)cc1)C(=O)N(C)[C@@H](Cc1ccccc1)C(=O)NCc1ccc(CN)cc1. The minimum absolute atomic E-state index is 0.110. The lowest BCUT2D eigenvalue weighted by atomic mass is 10.0. The predicted octanol–water partition coefficient (Wildman–Crippen LogP) is 3.84. The van der Waals surface area contributed by atoms with Gasteiger partial charge in [-0.1, -0.05) is 73.7 Å². The first-order valence-corrected chi connectivity index (χ1v) is 13.8. The molecule has 0 heterocycles. The fraction of sp³-hybridized carbons (Fsp3) is 0.375. The van der Waals surface area contributed by atoms with Gasteiger partial charge in [-0.15, -0.1) is 0 Å². The monoisotopic (exact) mass is 530 g/mol. The number of benzene rings is 3. The van der Waals surface area contributed by atoms with Crippen LogP contribution in [0.1, 0.15) is 42.5 Å². The molecule has 1 unspecified atom stereocenters. The molecule has 0 aromatic heterocycles. The molecule has 208 valence electrons. The maximum Gasteiger partial charge on any atom is 0.243 e.